The van der Waals surface area contributed by atoms with Crippen LogP contribution in [0.1, 0.15) is 18.4 Å². The molecule has 0 unspecified atom stereocenters. The Hall–Kier alpha value is -3.32. The number of pyridine rings is 2. The Kier molecular flexibility index (Phi) is 4.90. The molecule has 2 aromatic carbocycles. The monoisotopic (exact) mass is 416 g/mol. The van der Waals surface area contributed by atoms with E-state index in [2.05, 4.69) is 34.3 Å². The molecule has 5 rings (SSSR count). The van der Waals surface area contributed by atoms with Gasteiger partial charge in [0.15, 0.2) is 0 Å². The Labute approximate surface area is 181 Å². The lowest BCUT2D eigenvalue weighted by atomic mass is 9.99. The van der Waals surface area contributed by atoms with Gasteiger partial charge in [0.25, 0.3) is 0 Å². The Morgan fingerprint density at radius 3 is 2.68 bits per heavy atom. The number of aryl methyl sites for hydroxylation is 1. The van der Waals surface area contributed by atoms with E-state index >= 15 is 0 Å². The van der Waals surface area contributed by atoms with Gasteiger partial charge in [-0.2, -0.15) is 0 Å². The van der Waals surface area contributed by atoms with Crippen LogP contribution in [-0.2, 0) is 0 Å². The van der Waals surface area contributed by atoms with E-state index < -0.39 is 0 Å². The number of likely N-dealkylation sites (tertiary alicyclic amines) is 1. The Bertz CT molecular complexity index is 1300. The number of methoxy groups -OCH3 is 1. The highest BCUT2D eigenvalue weighted by atomic mass is 16.5. The van der Waals surface area contributed by atoms with Crippen molar-refractivity contribution in [2.75, 3.05) is 50.1 Å². The second-order valence-corrected chi connectivity index (χ2v) is 8.27. The molecule has 0 aliphatic carbocycles. The van der Waals surface area contributed by atoms with E-state index in [9.17, 15) is 0 Å². The quantitative estimate of drug-likeness (QED) is 0.335. The number of hydrogen-bond acceptors (Lipinski definition) is 7. The summed E-state index contributed by atoms with van der Waals surface area (Å²) in [6.45, 7) is 6.48. The number of anilines is 3. The number of fused-ring (bicyclic) bond motifs is 5. The number of aromatic nitrogens is 2. The van der Waals surface area contributed by atoms with Crippen LogP contribution >= 0.6 is 0 Å². The molecule has 0 amide bonds. The van der Waals surface area contributed by atoms with E-state index in [1.807, 2.05) is 12.1 Å². The molecule has 1 saturated heterocycles. The summed E-state index contributed by atoms with van der Waals surface area (Å²) in [5.41, 5.74) is 17.0. The SMILES string of the molecule is COc1cc2c(cc1N)ncc1c(N)nc3c(C)c(NCCN4CCCC4)ccc3c12. The lowest BCUT2D eigenvalue weighted by molar-refractivity contribution is 0.352. The molecule has 1 aliphatic rings. The van der Waals surface area contributed by atoms with Crippen LogP contribution in [0.2, 0.25) is 0 Å². The summed E-state index contributed by atoms with van der Waals surface area (Å²) in [6, 6.07) is 8.05. The molecule has 3 heterocycles. The Morgan fingerprint density at radius 2 is 1.90 bits per heavy atom. The molecule has 4 aromatic rings. The first-order chi connectivity index (χ1) is 15.1. The van der Waals surface area contributed by atoms with Gasteiger partial charge in [-0.25, -0.2) is 4.98 Å². The largest absolute Gasteiger partial charge is 0.495 e. The van der Waals surface area contributed by atoms with E-state index in [0.717, 1.165) is 56.9 Å². The number of nitrogens with two attached hydrogens (primary N) is 2. The zero-order valence-electron chi connectivity index (χ0n) is 18.0. The van der Waals surface area contributed by atoms with Crippen molar-refractivity contribution >= 4 is 49.8 Å². The van der Waals surface area contributed by atoms with Crippen LogP contribution in [0.4, 0.5) is 17.2 Å². The van der Waals surface area contributed by atoms with Crippen LogP contribution in [-0.4, -0.2) is 48.2 Å². The van der Waals surface area contributed by atoms with Gasteiger partial charge in [-0.1, -0.05) is 6.07 Å². The van der Waals surface area contributed by atoms with Crippen molar-refractivity contribution in [3.8, 4) is 5.75 Å². The topological polar surface area (TPSA) is 102 Å². The summed E-state index contributed by atoms with van der Waals surface area (Å²) in [5, 5.41) is 7.45. The molecule has 1 aliphatic heterocycles. The maximum atomic E-state index is 6.38. The molecule has 2 aromatic heterocycles. The lowest BCUT2D eigenvalue weighted by Crippen LogP contribution is -2.26. The molecule has 7 heteroatoms. The molecule has 0 bridgehead atoms. The van der Waals surface area contributed by atoms with Crippen LogP contribution in [0.15, 0.2) is 30.5 Å². The Morgan fingerprint density at radius 1 is 1.10 bits per heavy atom. The van der Waals surface area contributed by atoms with Crippen LogP contribution < -0.4 is 21.5 Å². The summed E-state index contributed by atoms with van der Waals surface area (Å²) >= 11 is 0. The number of nitrogen functional groups attached to an aromatic ring is 2. The predicted octanol–water partition coefficient (Wildman–Crippen LogP) is 3.93. The van der Waals surface area contributed by atoms with Gasteiger partial charge in [0.2, 0.25) is 0 Å². The van der Waals surface area contributed by atoms with Gasteiger partial charge >= 0.3 is 0 Å². The fourth-order valence-electron chi connectivity index (χ4n) is 4.67. The van der Waals surface area contributed by atoms with Crippen molar-refractivity contribution in [1.82, 2.24) is 14.9 Å². The fraction of sp³-hybridized carbons (Fsp3) is 0.333. The third-order valence-corrected chi connectivity index (χ3v) is 6.37. The first kappa shape index (κ1) is 19.6. The fourth-order valence-corrected chi connectivity index (χ4v) is 4.67. The zero-order chi connectivity index (χ0) is 21.5. The third-order valence-electron chi connectivity index (χ3n) is 6.37. The van der Waals surface area contributed by atoms with Gasteiger partial charge in [-0.15, -0.1) is 0 Å². The molecule has 0 spiro atoms. The minimum absolute atomic E-state index is 0.477. The van der Waals surface area contributed by atoms with Gasteiger partial charge < -0.3 is 26.4 Å². The van der Waals surface area contributed by atoms with Crippen molar-refractivity contribution in [2.45, 2.75) is 19.8 Å². The van der Waals surface area contributed by atoms with E-state index in [-0.39, 0.29) is 0 Å². The molecular weight excluding hydrogens is 388 g/mol. The lowest BCUT2D eigenvalue weighted by Gasteiger charge is -2.18. The molecule has 0 radical (unpaired) electrons. The van der Waals surface area contributed by atoms with Gasteiger partial charge in [0.05, 0.1) is 23.8 Å². The molecule has 0 saturated carbocycles. The number of ether oxygens (including phenoxy) is 1. The molecule has 31 heavy (non-hydrogen) atoms. The van der Waals surface area contributed by atoms with Crippen molar-refractivity contribution in [1.29, 1.82) is 0 Å². The predicted molar refractivity (Wildman–Crippen MR) is 129 cm³/mol. The molecular formula is C24H28N6O. The summed E-state index contributed by atoms with van der Waals surface area (Å²) in [7, 11) is 1.62. The first-order valence-corrected chi connectivity index (χ1v) is 10.8. The number of benzene rings is 2. The first-order valence-electron chi connectivity index (χ1n) is 10.8. The maximum absolute atomic E-state index is 6.38. The maximum Gasteiger partial charge on any atom is 0.142 e. The summed E-state index contributed by atoms with van der Waals surface area (Å²) in [6.07, 6.45) is 4.40. The van der Waals surface area contributed by atoms with E-state index in [1.54, 1.807) is 13.3 Å². The van der Waals surface area contributed by atoms with E-state index in [1.165, 1.54) is 25.9 Å². The van der Waals surface area contributed by atoms with E-state index in [0.29, 0.717) is 17.3 Å². The minimum atomic E-state index is 0.477. The zero-order valence-corrected chi connectivity index (χ0v) is 18.0. The van der Waals surface area contributed by atoms with Gasteiger partial charge in [-0.05, 0) is 56.6 Å². The smallest absolute Gasteiger partial charge is 0.142 e. The summed E-state index contributed by atoms with van der Waals surface area (Å²) < 4.78 is 5.46. The third kappa shape index (κ3) is 3.35. The van der Waals surface area contributed by atoms with Crippen LogP contribution in [0.5, 0.6) is 5.75 Å². The van der Waals surface area contributed by atoms with Crippen molar-refractivity contribution < 1.29 is 4.74 Å². The van der Waals surface area contributed by atoms with Gasteiger partial charge in [0, 0.05) is 46.5 Å². The average Bonchev–Trinajstić information content (AvgIpc) is 3.28. The molecule has 0 atom stereocenters. The number of nitrogens with one attached hydrogen (secondary N) is 1. The summed E-state index contributed by atoms with van der Waals surface area (Å²) in [5.74, 6) is 1.10. The number of rotatable bonds is 5. The summed E-state index contributed by atoms with van der Waals surface area (Å²) in [4.78, 5) is 11.8. The second-order valence-electron chi connectivity index (χ2n) is 8.27. The van der Waals surface area contributed by atoms with Gasteiger partial charge in [0.1, 0.15) is 11.6 Å². The molecule has 7 nitrogen and oxygen atoms in total. The van der Waals surface area contributed by atoms with Crippen LogP contribution in [0.25, 0.3) is 32.6 Å². The van der Waals surface area contributed by atoms with Gasteiger partial charge in [-0.3, -0.25) is 4.98 Å². The van der Waals surface area contributed by atoms with E-state index in [4.69, 9.17) is 21.2 Å². The molecule has 5 N–H and O–H groups in total. The molecule has 1 fully saturated rings. The number of nitrogens with zero attached hydrogens (tertiary/aromatic N) is 3. The normalized spacial score (nSPS) is 14.6. The van der Waals surface area contributed by atoms with Crippen molar-refractivity contribution in [3.05, 3.63) is 36.0 Å². The van der Waals surface area contributed by atoms with Crippen LogP contribution in [0, 0.1) is 6.92 Å². The minimum Gasteiger partial charge on any atom is -0.495 e. The average molecular weight is 417 g/mol. The van der Waals surface area contributed by atoms with Crippen molar-refractivity contribution in [2.24, 2.45) is 0 Å². The molecule has 160 valence electrons. The number of hydrogen-bond donors (Lipinski definition) is 3. The van der Waals surface area contributed by atoms with Crippen molar-refractivity contribution in [3.63, 3.8) is 0 Å². The van der Waals surface area contributed by atoms with Crippen LogP contribution in [0.3, 0.4) is 0 Å². The highest BCUT2D eigenvalue weighted by Gasteiger charge is 2.16. The highest BCUT2D eigenvalue weighted by molar-refractivity contribution is 6.22. The second kappa shape index (κ2) is 7.74. The Balaban J connectivity index is 1.63. The standard InChI is InChI=1S/C24H28N6O/c1-14-19(27-7-10-30-8-3-4-9-30)6-5-15-22-16-11-21(31-2)18(25)12-20(16)28-13-17(22)24(26)29-23(14)15/h5-6,11-13,27H,3-4,7-10,25H2,1-2H3,(H2,26,29). The highest BCUT2D eigenvalue weighted by Crippen LogP contribution is 2.38.